The van der Waals surface area contributed by atoms with Crippen LogP contribution in [0.2, 0.25) is 0 Å². The van der Waals surface area contributed by atoms with E-state index in [1.807, 2.05) is 0 Å². The summed E-state index contributed by atoms with van der Waals surface area (Å²) in [5, 5.41) is 12.1. The van der Waals surface area contributed by atoms with Crippen molar-refractivity contribution in [3.8, 4) is 0 Å². The lowest BCUT2D eigenvalue weighted by atomic mass is 9.96. The second-order valence-electron chi connectivity index (χ2n) is 6.12. The van der Waals surface area contributed by atoms with Crippen LogP contribution in [0.25, 0.3) is 0 Å². The van der Waals surface area contributed by atoms with E-state index in [9.17, 15) is 9.90 Å². The van der Waals surface area contributed by atoms with Crippen LogP contribution in [-0.2, 0) is 4.79 Å². The van der Waals surface area contributed by atoms with Gasteiger partial charge in [0.1, 0.15) is 5.54 Å². The summed E-state index contributed by atoms with van der Waals surface area (Å²) in [6.45, 7) is 2.76. The van der Waals surface area contributed by atoms with Crippen LogP contribution in [0, 0.1) is 0 Å². The first kappa shape index (κ1) is 16.4. The highest BCUT2D eigenvalue weighted by molar-refractivity contribution is 5.78. The van der Waals surface area contributed by atoms with Crippen molar-refractivity contribution in [2.75, 3.05) is 20.6 Å². The van der Waals surface area contributed by atoms with Crippen molar-refractivity contribution in [3.05, 3.63) is 0 Å². The van der Waals surface area contributed by atoms with E-state index < -0.39 is 11.5 Å². The fraction of sp³-hybridized carbons (Fsp3) is 0.933. The molecule has 0 aromatic heterocycles. The van der Waals surface area contributed by atoms with Crippen LogP contribution in [0.4, 0.5) is 0 Å². The van der Waals surface area contributed by atoms with Gasteiger partial charge in [-0.25, -0.2) is 0 Å². The van der Waals surface area contributed by atoms with Gasteiger partial charge < -0.3 is 15.3 Å². The largest absolute Gasteiger partial charge is 0.480 e. The Hall–Kier alpha value is -0.610. The molecule has 1 rings (SSSR count). The molecule has 1 aliphatic rings. The van der Waals surface area contributed by atoms with Crippen molar-refractivity contribution in [2.45, 2.75) is 69.9 Å². The Bertz CT molecular complexity index is 275. The van der Waals surface area contributed by atoms with E-state index in [4.69, 9.17) is 0 Å². The standard InChI is InChI=1S/C15H30N2O2/c1-15(16-2,14(18)19)11-8-12-17(3)13-9-6-4-5-7-10-13/h13,16H,4-12H2,1-3H3,(H,18,19). The zero-order valence-corrected chi connectivity index (χ0v) is 12.7. The van der Waals surface area contributed by atoms with Gasteiger partial charge in [0.05, 0.1) is 0 Å². The molecule has 0 heterocycles. The summed E-state index contributed by atoms with van der Waals surface area (Å²) in [5.74, 6) is -0.757. The maximum Gasteiger partial charge on any atom is 0.323 e. The van der Waals surface area contributed by atoms with Crippen LogP contribution in [0.3, 0.4) is 0 Å². The number of nitrogens with zero attached hydrogens (tertiary/aromatic N) is 1. The molecule has 0 spiro atoms. The van der Waals surface area contributed by atoms with Gasteiger partial charge in [0.25, 0.3) is 0 Å². The zero-order chi connectivity index (χ0) is 14.3. The van der Waals surface area contributed by atoms with E-state index in [1.54, 1.807) is 14.0 Å². The van der Waals surface area contributed by atoms with Crippen LogP contribution < -0.4 is 5.32 Å². The van der Waals surface area contributed by atoms with Crippen molar-refractivity contribution in [1.29, 1.82) is 0 Å². The van der Waals surface area contributed by atoms with E-state index in [0.717, 1.165) is 13.0 Å². The van der Waals surface area contributed by atoms with E-state index in [2.05, 4.69) is 17.3 Å². The molecule has 4 heteroatoms. The fourth-order valence-electron chi connectivity index (χ4n) is 2.90. The van der Waals surface area contributed by atoms with Crippen molar-refractivity contribution in [2.24, 2.45) is 0 Å². The molecule has 0 radical (unpaired) electrons. The van der Waals surface area contributed by atoms with Crippen LogP contribution >= 0.6 is 0 Å². The molecule has 2 N–H and O–H groups in total. The summed E-state index contributed by atoms with van der Waals surface area (Å²) in [6.07, 6.45) is 9.66. The average molecular weight is 270 g/mol. The van der Waals surface area contributed by atoms with Gasteiger partial charge >= 0.3 is 5.97 Å². The van der Waals surface area contributed by atoms with Crippen molar-refractivity contribution >= 4 is 5.97 Å². The molecule has 1 saturated carbocycles. The van der Waals surface area contributed by atoms with Gasteiger partial charge in [-0.3, -0.25) is 4.79 Å². The van der Waals surface area contributed by atoms with Gasteiger partial charge in [0.2, 0.25) is 0 Å². The minimum absolute atomic E-state index is 0.676. The van der Waals surface area contributed by atoms with Crippen molar-refractivity contribution < 1.29 is 9.90 Å². The van der Waals surface area contributed by atoms with Gasteiger partial charge in [-0.1, -0.05) is 25.7 Å². The Morgan fingerprint density at radius 3 is 2.37 bits per heavy atom. The lowest BCUT2D eigenvalue weighted by Gasteiger charge is -2.29. The number of carbonyl (C=O) groups is 1. The first-order valence-electron chi connectivity index (χ1n) is 7.62. The van der Waals surface area contributed by atoms with E-state index in [-0.39, 0.29) is 0 Å². The third-order valence-electron chi connectivity index (χ3n) is 4.66. The molecular formula is C15H30N2O2. The first-order chi connectivity index (χ1) is 8.99. The summed E-state index contributed by atoms with van der Waals surface area (Å²) in [4.78, 5) is 13.6. The Labute approximate surface area is 117 Å². The highest BCUT2D eigenvalue weighted by Crippen LogP contribution is 2.22. The minimum Gasteiger partial charge on any atom is -0.480 e. The monoisotopic (exact) mass is 270 g/mol. The molecule has 1 atom stereocenters. The molecule has 1 fully saturated rings. The van der Waals surface area contributed by atoms with Gasteiger partial charge in [-0.15, -0.1) is 0 Å². The van der Waals surface area contributed by atoms with Gasteiger partial charge in [-0.2, -0.15) is 0 Å². The lowest BCUT2D eigenvalue weighted by molar-refractivity contribution is -0.144. The Balaban J connectivity index is 2.33. The molecule has 0 aromatic rings. The normalized spacial score (nSPS) is 21.1. The number of aliphatic carboxylic acids is 1. The molecule has 0 aromatic carbocycles. The second-order valence-corrected chi connectivity index (χ2v) is 6.12. The Morgan fingerprint density at radius 1 is 1.32 bits per heavy atom. The molecule has 112 valence electrons. The number of carboxylic acids is 1. The predicted octanol–water partition coefficient (Wildman–Crippen LogP) is 2.48. The number of hydrogen-bond acceptors (Lipinski definition) is 3. The quantitative estimate of drug-likeness (QED) is 0.698. The van der Waals surface area contributed by atoms with Gasteiger partial charge in [0, 0.05) is 6.04 Å². The molecule has 0 bridgehead atoms. The summed E-state index contributed by atoms with van der Waals surface area (Å²) in [5.41, 5.74) is -0.787. The lowest BCUT2D eigenvalue weighted by Crippen LogP contribution is -2.48. The molecule has 0 saturated heterocycles. The molecule has 0 amide bonds. The Kier molecular flexibility index (Phi) is 6.80. The van der Waals surface area contributed by atoms with Gasteiger partial charge in [-0.05, 0) is 53.2 Å². The highest BCUT2D eigenvalue weighted by atomic mass is 16.4. The van der Waals surface area contributed by atoms with Crippen LogP contribution in [0.1, 0.15) is 58.3 Å². The maximum absolute atomic E-state index is 11.2. The average Bonchev–Trinajstić information content (AvgIpc) is 2.67. The van der Waals surface area contributed by atoms with Crippen LogP contribution in [0.5, 0.6) is 0 Å². The SMILES string of the molecule is CNC(C)(CCCN(C)C1CCCCCC1)C(=O)O. The fourth-order valence-corrected chi connectivity index (χ4v) is 2.90. The summed E-state index contributed by atoms with van der Waals surface area (Å²) < 4.78 is 0. The van der Waals surface area contributed by atoms with E-state index in [0.29, 0.717) is 12.5 Å². The first-order valence-corrected chi connectivity index (χ1v) is 7.62. The number of nitrogens with one attached hydrogen (secondary N) is 1. The highest BCUT2D eigenvalue weighted by Gasteiger charge is 2.30. The molecular weight excluding hydrogens is 240 g/mol. The van der Waals surface area contributed by atoms with E-state index >= 15 is 0 Å². The third kappa shape index (κ3) is 5.11. The second kappa shape index (κ2) is 7.85. The summed E-state index contributed by atoms with van der Waals surface area (Å²) in [7, 11) is 3.91. The molecule has 1 unspecified atom stereocenters. The van der Waals surface area contributed by atoms with Crippen molar-refractivity contribution in [3.63, 3.8) is 0 Å². The Morgan fingerprint density at radius 2 is 1.89 bits per heavy atom. The number of carboxylic acid groups (broad SMARTS) is 1. The van der Waals surface area contributed by atoms with E-state index in [1.165, 1.54) is 38.5 Å². The molecule has 0 aliphatic heterocycles. The minimum atomic E-state index is -0.787. The summed E-state index contributed by atoms with van der Waals surface area (Å²) >= 11 is 0. The number of likely N-dealkylation sites (N-methyl/N-ethyl adjacent to an activating group) is 1. The molecule has 1 aliphatic carbocycles. The zero-order valence-electron chi connectivity index (χ0n) is 12.7. The van der Waals surface area contributed by atoms with Crippen LogP contribution in [-0.4, -0.2) is 48.2 Å². The molecule has 19 heavy (non-hydrogen) atoms. The van der Waals surface area contributed by atoms with Crippen LogP contribution in [0.15, 0.2) is 0 Å². The smallest absolute Gasteiger partial charge is 0.323 e. The summed E-state index contributed by atoms with van der Waals surface area (Å²) in [6, 6.07) is 0.702. The molecule has 4 nitrogen and oxygen atoms in total. The number of hydrogen-bond donors (Lipinski definition) is 2. The topological polar surface area (TPSA) is 52.6 Å². The predicted molar refractivity (Wildman–Crippen MR) is 78.5 cm³/mol. The third-order valence-corrected chi connectivity index (χ3v) is 4.66. The van der Waals surface area contributed by atoms with Crippen molar-refractivity contribution in [1.82, 2.24) is 10.2 Å². The maximum atomic E-state index is 11.2. The number of rotatable bonds is 7. The van der Waals surface area contributed by atoms with Gasteiger partial charge in [0.15, 0.2) is 0 Å².